The molecule has 8 heteroatoms. The SMILES string of the molecule is CC1CCN(S(=O)(=O)c2ccc(OCC(=O)N(C)Cc3ccccc3F)cc2)CC1. The van der Waals surface area contributed by atoms with Gasteiger partial charge in [-0.2, -0.15) is 4.31 Å². The molecule has 1 saturated heterocycles. The Bertz CT molecular complexity index is 971. The molecule has 0 N–H and O–H groups in total. The summed E-state index contributed by atoms with van der Waals surface area (Å²) in [5.41, 5.74) is 0.426. The molecule has 162 valence electrons. The van der Waals surface area contributed by atoms with Gasteiger partial charge in [-0.15, -0.1) is 0 Å². The zero-order valence-corrected chi connectivity index (χ0v) is 18.1. The van der Waals surface area contributed by atoms with Crippen LogP contribution >= 0.6 is 0 Å². The lowest BCUT2D eigenvalue weighted by Crippen LogP contribution is -2.37. The van der Waals surface area contributed by atoms with Crippen LogP contribution in [0.25, 0.3) is 0 Å². The monoisotopic (exact) mass is 434 g/mol. The van der Waals surface area contributed by atoms with Gasteiger partial charge in [0.25, 0.3) is 5.91 Å². The average Bonchev–Trinajstić information content (AvgIpc) is 2.74. The number of hydrogen-bond donors (Lipinski definition) is 0. The van der Waals surface area contributed by atoms with Gasteiger partial charge < -0.3 is 9.64 Å². The van der Waals surface area contributed by atoms with E-state index in [0.29, 0.717) is 30.3 Å². The van der Waals surface area contributed by atoms with E-state index in [-0.39, 0.29) is 29.8 Å². The third-order valence-electron chi connectivity index (χ3n) is 5.36. The van der Waals surface area contributed by atoms with Crippen LogP contribution in [-0.4, -0.2) is 50.3 Å². The van der Waals surface area contributed by atoms with Gasteiger partial charge in [0.15, 0.2) is 6.61 Å². The Kier molecular flexibility index (Phi) is 7.10. The molecular weight excluding hydrogens is 407 g/mol. The van der Waals surface area contributed by atoms with Gasteiger partial charge in [0.2, 0.25) is 10.0 Å². The van der Waals surface area contributed by atoms with Crippen molar-refractivity contribution in [2.75, 3.05) is 26.7 Å². The maximum Gasteiger partial charge on any atom is 0.260 e. The van der Waals surface area contributed by atoms with Crippen molar-refractivity contribution in [2.24, 2.45) is 5.92 Å². The summed E-state index contributed by atoms with van der Waals surface area (Å²) < 4.78 is 46.2. The quantitative estimate of drug-likeness (QED) is 0.671. The number of carbonyl (C=O) groups is 1. The molecule has 2 aromatic rings. The van der Waals surface area contributed by atoms with Gasteiger partial charge in [-0.25, -0.2) is 12.8 Å². The molecule has 1 aliphatic heterocycles. The maximum atomic E-state index is 13.7. The van der Waals surface area contributed by atoms with Crippen molar-refractivity contribution >= 4 is 15.9 Å². The fraction of sp³-hybridized carbons (Fsp3) is 0.409. The lowest BCUT2D eigenvalue weighted by Gasteiger charge is -2.29. The molecule has 0 aromatic heterocycles. The Hall–Kier alpha value is -2.45. The first-order valence-corrected chi connectivity index (χ1v) is 11.4. The van der Waals surface area contributed by atoms with Crippen LogP contribution in [0.15, 0.2) is 53.4 Å². The Morgan fingerprint density at radius 2 is 1.77 bits per heavy atom. The number of ether oxygens (including phenoxy) is 1. The summed E-state index contributed by atoms with van der Waals surface area (Å²) in [7, 11) is -1.94. The number of halogens is 1. The van der Waals surface area contributed by atoms with Crippen LogP contribution in [0.4, 0.5) is 4.39 Å². The van der Waals surface area contributed by atoms with E-state index in [4.69, 9.17) is 4.74 Å². The second kappa shape index (κ2) is 9.57. The number of piperidine rings is 1. The first kappa shape index (κ1) is 22.2. The molecule has 0 atom stereocenters. The van der Waals surface area contributed by atoms with E-state index in [1.807, 2.05) is 0 Å². The molecule has 0 aliphatic carbocycles. The van der Waals surface area contributed by atoms with E-state index in [2.05, 4.69) is 6.92 Å². The lowest BCUT2D eigenvalue weighted by atomic mass is 10.0. The summed E-state index contributed by atoms with van der Waals surface area (Å²) in [5.74, 6) is 0.269. The first-order valence-electron chi connectivity index (χ1n) is 9.98. The van der Waals surface area contributed by atoms with Crippen LogP contribution < -0.4 is 4.74 Å². The van der Waals surface area contributed by atoms with Gasteiger partial charge in [0, 0.05) is 32.2 Å². The molecule has 0 unspecified atom stereocenters. The molecule has 0 bridgehead atoms. The third-order valence-corrected chi connectivity index (χ3v) is 7.27. The van der Waals surface area contributed by atoms with Gasteiger partial charge in [0.1, 0.15) is 11.6 Å². The molecule has 0 radical (unpaired) electrons. The van der Waals surface area contributed by atoms with Crippen LogP contribution in [0.1, 0.15) is 25.3 Å². The van der Waals surface area contributed by atoms with Crippen molar-refractivity contribution in [1.29, 1.82) is 0 Å². The van der Waals surface area contributed by atoms with Gasteiger partial charge in [-0.05, 0) is 49.1 Å². The first-order chi connectivity index (χ1) is 14.3. The fourth-order valence-corrected chi connectivity index (χ4v) is 4.78. The number of carbonyl (C=O) groups excluding carboxylic acids is 1. The van der Waals surface area contributed by atoms with E-state index in [1.54, 1.807) is 37.4 Å². The number of likely N-dealkylation sites (N-methyl/N-ethyl adjacent to an activating group) is 1. The Morgan fingerprint density at radius 3 is 2.40 bits per heavy atom. The number of nitrogens with zero attached hydrogens (tertiary/aromatic N) is 2. The predicted octanol–water partition coefficient (Wildman–Crippen LogP) is 3.28. The summed E-state index contributed by atoms with van der Waals surface area (Å²) in [6.45, 7) is 3.11. The zero-order chi connectivity index (χ0) is 21.7. The minimum absolute atomic E-state index is 0.139. The summed E-state index contributed by atoms with van der Waals surface area (Å²) in [6, 6.07) is 12.4. The lowest BCUT2D eigenvalue weighted by molar-refractivity contribution is -0.132. The van der Waals surface area contributed by atoms with E-state index in [1.165, 1.54) is 27.4 Å². The zero-order valence-electron chi connectivity index (χ0n) is 17.3. The molecule has 0 saturated carbocycles. The smallest absolute Gasteiger partial charge is 0.260 e. The van der Waals surface area contributed by atoms with Crippen LogP contribution in [0.3, 0.4) is 0 Å². The summed E-state index contributed by atoms with van der Waals surface area (Å²) >= 11 is 0. The van der Waals surface area contributed by atoms with Gasteiger partial charge in [-0.3, -0.25) is 4.79 Å². The van der Waals surface area contributed by atoms with Crippen molar-refractivity contribution in [3.05, 3.63) is 59.9 Å². The van der Waals surface area contributed by atoms with Crippen LogP contribution in [-0.2, 0) is 21.4 Å². The van der Waals surface area contributed by atoms with Crippen LogP contribution in [0.2, 0.25) is 0 Å². The second-order valence-corrected chi connectivity index (χ2v) is 9.63. The molecule has 1 amide bonds. The molecule has 1 fully saturated rings. The van der Waals surface area contributed by atoms with Crippen LogP contribution in [0, 0.1) is 11.7 Å². The highest BCUT2D eigenvalue weighted by molar-refractivity contribution is 7.89. The van der Waals surface area contributed by atoms with E-state index >= 15 is 0 Å². The number of hydrogen-bond acceptors (Lipinski definition) is 4. The minimum atomic E-state index is -3.52. The highest BCUT2D eigenvalue weighted by atomic mass is 32.2. The van der Waals surface area contributed by atoms with Gasteiger partial charge in [0.05, 0.1) is 4.90 Å². The normalized spacial score (nSPS) is 15.7. The second-order valence-electron chi connectivity index (χ2n) is 7.69. The Labute approximate surface area is 177 Å². The van der Waals surface area contributed by atoms with Gasteiger partial charge >= 0.3 is 0 Å². The van der Waals surface area contributed by atoms with Crippen LogP contribution in [0.5, 0.6) is 5.75 Å². The van der Waals surface area contributed by atoms with E-state index in [9.17, 15) is 17.6 Å². The molecule has 3 rings (SSSR count). The highest BCUT2D eigenvalue weighted by Crippen LogP contribution is 2.24. The van der Waals surface area contributed by atoms with Crippen molar-refractivity contribution in [2.45, 2.75) is 31.2 Å². The summed E-state index contributed by atoms with van der Waals surface area (Å²) in [5, 5.41) is 0. The largest absolute Gasteiger partial charge is 0.484 e. The van der Waals surface area contributed by atoms with Crippen molar-refractivity contribution in [1.82, 2.24) is 9.21 Å². The number of benzene rings is 2. The molecule has 6 nitrogen and oxygen atoms in total. The molecule has 1 heterocycles. The molecular formula is C22H27FN2O4S. The van der Waals surface area contributed by atoms with Crippen molar-refractivity contribution in [3.8, 4) is 5.75 Å². The number of amides is 1. The standard InChI is InChI=1S/C22H27FN2O4S/c1-17-11-13-25(14-12-17)30(27,28)20-9-7-19(8-10-20)29-16-22(26)24(2)15-18-5-3-4-6-21(18)23/h3-10,17H,11-16H2,1-2H3. The summed E-state index contributed by atoms with van der Waals surface area (Å²) in [6.07, 6.45) is 1.73. The fourth-order valence-electron chi connectivity index (χ4n) is 3.31. The minimum Gasteiger partial charge on any atom is -0.484 e. The average molecular weight is 435 g/mol. The Morgan fingerprint density at radius 1 is 1.13 bits per heavy atom. The highest BCUT2D eigenvalue weighted by Gasteiger charge is 2.28. The molecule has 0 spiro atoms. The van der Waals surface area contributed by atoms with Crippen molar-refractivity contribution < 1.29 is 22.3 Å². The topological polar surface area (TPSA) is 66.9 Å². The maximum absolute atomic E-state index is 13.7. The van der Waals surface area contributed by atoms with E-state index in [0.717, 1.165) is 12.8 Å². The van der Waals surface area contributed by atoms with Crippen molar-refractivity contribution in [3.63, 3.8) is 0 Å². The molecule has 1 aliphatic rings. The predicted molar refractivity (Wildman–Crippen MR) is 112 cm³/mol. The number of sulfonamides is 1. The van der Waals surface area contributed by atoms with Gasteiger partial charge in [-0.1, -0.05) is 25.1 Å². The third kappa shape index (κ3) is 5.37. The van der Waals surface area contributed by atoms with E-state index < -0.39 is 10.0 Å². The summed E-state index contributed by atoms with van der Waals surface area (Å²) in [4.78, 5) is 13.9. The molecule has 30 heavy (non-hydrogen) atoms. The Balaban J connectivity index is 1.55. The molecule has 2 aromatic carbocycles. The number of rotatable bonds is 7.